The number of carbonyl (C=O) groups excluding carboxylic acids is 4. The maximum Gasteiger partial charge on any atom is 0.352 e. The standard InChI is InChI=1S/C31H38O11/c1-16(2)15-38-24(33)14-23(40-18(4)32)29(35)39-17(3)28(34)41-22-10-12-31(36)20-7-6-11-30(31)25-19(13-20)8-9-21(37-5)26(25)42-27(22)30/h8-10,16-17,20,23,27,36H,6-7,11-15H2,1-5H3/t17-,20+,23-,27-,30?,31+/m0/s1. The Balaban J connectivity index is 1.33. The lowest BCUT2D eigenvalue weighted by atomic mass is 9.47. The van der Waals surface area contributed by atoms with E-state index < -0.39 is 59.6 Å². The Bertz CT molecular complexity index is 1320. The highest BCUT2D eigenvalue weighted by Crippen LogP contribution is 2.67. The SMILES string of the molecule is COc1ccc2c3c1O[C@H]1C(OC(=O)[C@H](C)OC(=O)[C@H](CC(=O)OCC(C)C)OC(C)=O)=CC[C@@]4(O)[C@H](CCCC314)C2. The second-order valence-corrected chi connectivity index (χ2v) is 12.0. The molecular formula is C31H38O11. The zero-order valence-corrected chi connectivity index (χ0v) is 24.6. The minimum atomic E-state index is -1.58. The van der Waals surface area contributed by atoms with Crippen molar-refractivity contribution in [1.29, 1.82) is 0 Å². The highest BCUT2D eigenvalue weighted by atomic mass is 16.6. The summed E-state index contributed by atoms with van der Waals surface area (Å²) < 4.78 is 33.2. The van der Waals surface area contributed by atoms with E-state index in [4.69, 9.17) is 28.4 Å². The lowest BCUT2D eigenvalue weighted by Gasteiger charge is -2.59. The van der Waals surface area contributed by atoms with Gasteiger partial charge in [0, 0.05) is 12.5 Å². The number of hydrogen-bond acceptors (Lipinski definition) is 11. The molecule has 5 rings (SSSR count). The number of ether oxygens (including phenoxy) is 6. The molecule has 1 aromatic carbocycles. The van der Waals surface area contributed by atoms with Crippen molar-refractivity contribution in [3.05, 3.63) is 35.1 Å². The van der Waals surface area contributed by atoms with Crippen LogP contribution in [-0.4, -0.2) is 66.6 Å². The number of methoxy groups -OCH3 is 1. The predicted octanol–water partition coefficient (Wildman–Crippen LogP) is 3.06. The van der Waals surface area contributed by atoms with Gasteiger partial charge in [0.05, 0.1) is 31.2 Å². The van der Waals surface area contributed by atoms with Crippen molar-refractivity contribution in [3.8, 4) is 11.5 Å². The van der Waals surface area contributed by atoms with Crippen LogP contribution in [0.25, 0.3) is 0 Å². The molecule has 0 amide bonds. The molecule has 0 saturated heterocycles. The van der Waals surface area contributed by atoms with E-state index >= 15 is 0 Å². The number of hydrogen-bond donors (Lipinski definition) is 1. The fraction of sp³-hybridized carbons (Fsp3) is 0.613. The lowest BCUT2D eigenvalue weighted by molar-refractivity contribution is -0.180. The monoisotopic (exact) mass is 586 g/mol. The number of benzene rings is 1. The number of rotatable bonds is 10. The third-order valence-electron chi connectivity index (χ3n) is 8.81. The number of aliphatic hydroxyl groups is 1. The van der Waals surface area contributed by atoms with Crippen molar-refractivity contribution in [2.45, 2.75) is 95.5 Å². The Kier molecular flexibility index (Phi) is 8.00. The molecule has 1 spiro atoms. The number of esters is 4. The van der Waals surface area contributed by atoms with Crippen LogP contribution in [0.4, 0.5) is 0 Å². The molecule has 228 valence electrons. The van der Waals surface area contributed by atoms with Crippen LogP contribution in [0.1, 0.15) is 70.9 Å². The summed E-state index contributed by atoms with van der Waals surface area (Å²) in [7, 11) is 1.56. The van der Waals surface area contributed by atoms with E-state index in [1.807, 2.05) is 26.0 Å². The lowest BCUT2D eigenvalue weighted by Crippen LogP contribution is -2.67. The molecule has 2 bridgehead atoms. The average Bonchev–Trinajstić information content (AvgIpc) is 3.27. The fourth-order valence-electron chi connectivity index (χ4n) is 7.02. The zero-order valence-electron chi connectivity index (χ0n) is 24.6. The van der Waals surface area contributed by atoms with Crippen LogP contribution in [0.15, 0.2) is 24.0 Å². The van der Waals surface area contributed by atoms with Gasteiger partial charge in [0.15, 0.2) is 23.7 Å². The normalized spacial score (nSPS) is 27.9. The molecule has 1 aliphatic heterocycles. The molecule has 11 nitrogen and oxygen atoms in total. The first-order valence-electron chi connectivity index (χ1n) is 14.5. The van der Waals surface area contributed by atoms with Crippen molar-refractivity contribution in [2.75, 3.05) is 13.7 Å². The van der Waals surface area contributed by atoms with E-state index in [1.165, 1.54) is 6.92 Å². The van der Waals surface area contributed by atoms with Crippen LogP contribution in [0.3, 0.4) is 0 Å². The highest BCUT2D eigenvalue weighted by molar-refractivity contribution is 5.86. The second-order valence-electron chi connectivity index (χ2n) is 12.0. The third kappa shape index (κ3) is 4.91. The summed E-state index contributed by atoms with van der Waals surface area (Å²) in [4.78, 5) is 49.8. The maximum atomic E-state index is 13.2. The van der Waals surface area contributed by atoms with Gasteiger partial charge in [-0.1, -0.05) is 26.3 Å². The van der Waals surface area contributed by atoms with Crippen LogP contribution < -0.4 is 9.47 Å². The van der Waals surface area contributed by atoms with Gasteiger partial charge in [-0.2, -0.15) is 0 Å². The topological polar surface area (TPSA) is 144 Å². The molecule has 3 aliphatic carbocycles. The molecule has 1 N–H and O–H groups in total. The van der Waals surface area contributed by atoms with E-state index in [1.54, 1.807) is 13.2 Å². The van der Waals surface area contributed by atoms with E-state index in [-0.39, 0.29) is 30.6 Å². The van der Waals surface area contributed by atoms with Crippen LogP contribution in [0.5, 0.6) is 11.5 Å². The largest absolute Gasteiger partial charge is 0.493 e. The third-order valence-corrected chi connectivity index (χ3v) is 8.81. The van der Waals surface area contributed by atoms with Gasteiger partial charge in [-0.05, 0) is 62.1 Å². The molecule has 42 heavy (non-hydrogen) atoms. The Labute approximate surface area is 244 Å². The van der Waals surface area contributed by atoms with E-state index in [2.05, 4.69) is 0 Å². The summed E-state index contributed by atoms with van der Waals surface area (Å²) in [5.74, 6) is -2.07. The summed E-state index contributed by atoms with van der Waals surface area (Å²) in [5.41, 5.74) is 0.130. The highest BCUT2D eigenvalue weighted by Gasteiger charge is 2.71. The molecule has 1 fully saturated rings. The van der Waals surface area contributed by atoms with Gasteiger partial charge in [-0.3, -0.25) is 9.59 Å². The van der Waals surface area contributed by atoms with Crippen molar-refractivity contribution >= 4 is 23.9 Å². The number of carbonyl (C=O) groups is 4. The quantitative estimate of drug-likeness (QED) is 0.319. The van der Waals surface area contributed by atoms with Crippen LogP contribution >= 0.6 is 0 Å². The van der Waals surface area contributed by atoms with E-state index in [0.717, 1.165) is 37.3 Å². The molecular weight excluding hydrogens is 548 g/mol. The molecule has 0 radical (unpaired) electrons. The Hall–Kier alpha value is -3.60. The smallest absolute Gasteiger partial charge is 0.352 e. The van der Waals surface area contributed by atoms with Crippen molar-refractivity contribution in [2.24, 2.45) is 11.8 Å². The molecule has 11 heteroatoms. The molecule has 1 saturated carbocycles. The van der Waals surface area contributed by atoms with Gasteiger partial charge in [0.1, 0.15) is 5.76 Å². The van der Waals surface area contributed by atoms with Crippen molar-refractivity contribution < 1.29 is 52.7 Å². The molecule has 0 aromatic heterocycles. The van der Waals surface area contributed by atoms with Gasteiger partial charge >= 0.3 is 23.9 Å². The Morgan fingerprint density at radius 1 is 1.12 bits per heavy atom. The van der Waals surface area contributed by atoms with Crippen molar-refractivity contribution in [3.63, 3.8) is 0 Å². The fourth-order valence-corrected chi connectivity index (χ4v) is 7.02. The van der Waals surface area contributed by atoms with E-state index in [0.29, 0.717) is 17.9 Å². The summed E-state index contributed by atoms with van der Waals surface area (Å²) in [6, 6.07) is 3.88. The molecule has 1 unspecified atom stereocenters. The van der Waals surface area contributed by atoms with Crippen molar-refractivity contribution in [1.82, 2.24) is 0 Å². The zero-order chi connectivity index (χ0) is 30.4. The minimum absolute atomic E-state index is 0.0306. The summed E-state index contributed by atoms with van der Waals surface area (Å²) in [6.07, 6.45) is 0.784. The molecule has 6 atom stereocenters. The molecule has 1 heterocycles. The van der Waals surface area contributed by atoms with Gasteiger partial charge < -0.3 is 33.5 Å². The van der Waals surface area contributed by atoms with Gasteiger partial charge in [-0.15, -0.1) is 0 Å². The first-order chi connectivity index (χ1) is 19.9. The van der Waals surface area contributed by atoms with Gasteiger partial charge in [-0.25, -0.2) is 9.59 Å². The average molecular weight is 587 g/mol. The first kappa shape index (κ1) is 29.9. The predicted molar refractivity (Wildman–Crippen MR) is 145 cm³/mol. The summed E-state index contributed by atoms with van der Waals surface area (Å²) in [6.45, 7) is 6.26. The van der Waals surface area contributed by atoms with Crippen LogP contribution in [-0.2, 0) is 50.0 Å². The first-order valence-corrected chi connectivity index (χ1v) is 14.5. The maximum absolute atomic E-state index is 13.2. The Morgan fingerprint density at radius 3 is 2.57 bits per heavy atom. The van der Waals surface area contributed by atoms with Gasteiger partial charge in [0.25, 0.3) is 0 Å². The summed E-state index contributed by atoms with van der Waals surface area (Å²) >= 11 is 0. The minimum Gasteiger partial charge on any atom is -0.493 e. The Morgan fingerprint density at radius 2 is 1.88 bits per heavy atom. The molecule has 1 aromatic rings. The molecule has 4 aliphatic rings. The second kappa shape index (κ2) is 11.2. The summed E-state index contributed by atoms with van der Waals surface area (Å²) in [5, 5.41) is 12.2. The van der Waals surface area contributed by atoms with Crippen LogP contribution in [0, 0.1) is 11.8 Å². The van der Waals surface area contributed by atoms with E-state index in [9.17, 15) is 24.3 Å². The van der Waals surface area contributed by atoms with Gasteiger partial charge in [0.2, 0.25) is 6.10 Å². The van der Waals surface area contributed by atoms with Crippen LogP contribution in [0.2, 0.25) is 0 Å².